The molecule has 3 atom stereocenters. The minimum atomic E-state index is -0.893. The molecule has 1 rings (SSSR count). The molecule has 1 fully saturated rings. The van der Waals surface area contributed by atoms with Crippen LogP contribution in [0.25, 0.3) is 0 Å². The van der Waals surface area contributed by atoms with Gasteiger partial charge in [-0.2, -0.15) is 0 Å². The van der Waals surface area contributed by atoms with Crippen molar-refractivity contribution < 1.29 is 9.90 Å². The van der Waals surface area contributed by atoms with Crippen molar-refractivity contribution >= 4 is 5.97 Å². The number of hydrogen-bond acceptors (Lipinski definition) is 2. The molecule has 0 aromatic heterocycles. The predicted molar refractivity (Wildman–Crippen MR) is 55.9 cm³/mol. The lowest BCUT2D eigenvalue weighted by Crippen LogP contribution is -2.28. The number of nitrogens with one attached hydrogen (secondary N) is 1. The van der Waals surface area contributed by atoms with Gasteiger partial charge in [-0.05, 0) is 24.7 Å². The molecule has 0 spiro atoms. The second-order valence-corrected chi connectivity index (χ2v) is 4.05. The molecular formula is C11H19NO2. The van der Waals surface area contributed by atoms with Crippen molar-refractivity contribution in [3.05, 3.63) is 12.3 Å². The molecule has 0 saturated heterocycles. The fourth-order valence-electron chi connectivity index (χ4n) is 2.30. The van der Waals surface area contributed by atoms with E-state index in [1.54, 1.807) is 6.20 Å². The lowest BCUT2D eigenvalue weighted by atomic mass is 9.94. The number of aliphatic carboxylic acids is 1. The average molecular weight is 197 g/mol. The van der Waals surface area contributed by atoms with Gasteiger partial charge in [-0.1, -0.05) is 20.3 Å². The Balaban J connectivity index is 2.36. The maximum absolute atomic E-state index is 10.2. The average Bonchev–Trinajstić information content (AvgIpc) is 2.47. The quantitative estimate of drug-likeness (QED) is 0.678. The standard InChI is InChI=1S/C11H19NO2/c1-3-9-4-5-10(8(9)2)12-7-6-11(13)14/h6-10,12H,3-5H2,1-2H3,(H,13,14)/b7-6+. The van der Waals surface area contributed by atoms with Crippen LogP contribution in [0.3, 0.4) is 0 Å². The van der Waals surface area contributed by atoms with E-state index in [4.69, 9.17) is 5.11 Å². The monoisotopic (exact) mass is 197 g/mol. The molecule has 14 heavy (non-hydrogen) atoms. The van der Waals surface area contributed by atoms with Crippen molar-refractivity contribution in [2.24, 2.45) is 11.8 Å². The first kappa shape index (κ1) is 11.1. The topological polar surface area (TPSA) is 49.3 Å². The summed E-state index contributed by atoms with van der Waals surface area (Å²) in [5.41, 5.74) is 0. The Bertz CT molecular complexity index is 225. The summed E-state index contributed by atoms with van der Waals surface area (Å²) in [5, 5.41) is 11.6. The maximum atomic E-state index is 10.2. The molecule has 0 bridgehead atoms. The van der Waals surface area contributed by atoms with Gasteiger partial charge in [0.05, 0.1) is 0 Å². The third-order valence-electron chi connectivity index (χ3n) is 3.29. The molecule has 0 amide bonds. The third kappa shape index (κ3) is 2.76. The third-order valence-corrected chi connectivity index (χ3v) is 3.29. The lowest BCUT2D eigenvalue weighted by molar-refractivity contribution is -0.131. The number of rotatable bonds is 4. The van der Waals surface area contributed by atoms with Gasteiger partial charge in [0, 0.05) is 18.3 Å². The van der Waals surface area contributed by atoms with Gasteiger partial charge in [-0.15, -0.1) is 0 Å². The van der Waals surface area contributed by atoms with E-state index in [1.165, 1.54) is 12.8 Å². The zero-order valence-electron chi connectivity index (χ0n) is 8.86. The zero-order valence-corrected chi connectivity index (χ0v) is 8.86. The molecule has 0 aromatic rings. The van der Waals surface area contributed by atoms with E-state index in [2.05, 4.69) is 19.2 Å². The highest BCUT2D eigenvalue weighted by Crippen LogP contribution is 2.33. The van der Waals surface area contributed by atoms with E-state index in [0.717, 1.165) is 18.4 Å². The highest BCUT2D eigenvalue weighted by Gasteiger charge is 2.30. The summed E-state index contributed by atoms with van der Waals surface area (Å²) in [5.74, 6) is 0.555. The molecule has 0 radical (unpaired) electrons. The molecule has 2 N–H and O–H groups in total. The Hall–Kier alpha value is -0.990. The largest absolute Gasteiger partial charge is 0.478 e. The van der Waals surface area contributed by atoms with Crippen LogP contribution in [0.1, 0.15) is 33.1 Å². The van der Waals surface area contributed by atoms with Gasteiger partial charge in [0.15, 0.2) is 0 Å². The van der Waals surface area contributed by atoms with Crippen LogP contribution >= 0.6 is 0 Å². The highest BCUT2D eigenvalue weighted by molar-refractivity contribution is 5.79. The molecule has 1 saturated carbocycles. The van der Waals surface area contributed by atoms with Crippen molar-refractivity contribution in [2.45, 2.75) is 39.2 Å². The van der Waals surface area contributed by atoms with Crippen molar-refractivity contribution in [1.29, 1.82) is 0 Å². The summed E-state index contributed by atoms with van der Waals surface area (Å²) in [4.78, 5) is 10.2. The Morgan fingerprint density at radius 3 is 2.79 bits per heavy atom. The highest BCUT2D eigenvalue weighted by atomic mass is 16.4. The van der Waals surface area contributed by atoms with Crippen molar-refractivity contribution in [3.63, 3.8) is 0 Å². The van der Waals surface area contributed by atoms with Gasteiger partial charge >= 0.3 is 5.97 Å². The van der Waals surface area contributed by atoms with Crippen molar-refractivity contribution in [3.8, 4) is 0 Å². The number of carbonyl (C=O) groups is 1. The smallest absolute Gasteiger partial charge is 0.329 e. The van der Waals surface area contributed by atoms with Gasteiger partial charge < -0.3 is 10.4 Å². The summed E-state index contributed by atoms with van der Waals surface area (Å²) in [6, 6.07) is 0.454. The van der Waals surface area contributed by atoms with Crippen LogP contribution in [0.4, 0.5) is 0 Å². The second-order valence-electron chi connectivity index (χ2n) is 4.05. The first-order chi connectivity index (χ1) is 6.65. The van der Waals surface area contributed by atoms with Crippen molar-refractivity contribution in [2.75, 3.05) is 0 Å². The Morgan fingerprint density at radius 2 is 2.29 bits per heavy atom. The molecule has 1 aliphatic rings. The van der Waals surface area contributed by atoms with Crippen LogP contribution in [0.5, 0.6) is 0 Å². The van der Waals surface area contributed by atoms with Crippen LogP contribution in [-0.4, -0.2) is 17.1 Å². The van der Waals surface area contributed by atoms with E-state index in [-0.39, 0.29) is 0 Å². The van der Waals surface area contributed by atoms with E-state index in [9.17, 15) is 4.79 Å². The maximum Gasteiger partial charge on any atom is 0.329 e. The summed E-state index contributed by atoms with van der Waals surface area (Å²) in [7, 11) is 0. The van der Waals surface area contributed by atoms with E-state index in [1.807, 2.05) is 0 Å². The molecular weight excluding hydrogens is 178 g/mol. The van der Waals surface area contributed by atoms with Gasteiger partial charge in [0.2, 0.25) is 0 Å². The zero-order chi connectivity index (χ0) is 10.6. The first-order valence-corrected chi connectivity index (χ1v) is 5.30. The summed E-state index contributed by atoms with van der Waals surface area (Å²) >= 11 is 0. The van der Waals surface area contributed by atoms with Gasteiger partial charge in [-0.3, -0.25) is 0 Å². The summed E-state index contributed by atoms with van der Waals surface area (Å²) in [6.07, 6.45) is 6.36. The number of carboxylic acids is 1. The van der Waals surface area contributed by atoms with E-state index < -0.39 is 5.97 Å². The molecule has 3 heteroatoms. The SMILES string of the molecule is CCC1CCC(N/C=C/C(=O)O)C1C. The Labute approximate surface area is 85.2 Å². The summed E-state index contributed by atoms with van der Waals surface area (Å²) < 4.78 is 0. The lowest BCUT2D eigenvalue weighted by Gasteiger charge is -2.19. The summed E-state index contributed by atoms with van der Waals surface area (Å²) in [6.45, 7) is 4.46. The molecule has 0 heterocycles. The fraction of sp³-hybridized carbons (Fsp3) is 0.727. The minimum absolute atomic E-state index is 0.454. The normalized spacial score (nSPS) is 32.3. The van der Waals surface area contributed by atoms with E-state index in [0.29, 0.717) is 12.0 Å². The molecule has 3 nitrogen and oxygen atoms in total. The Morgan fingerprint density at radius 1 is 1.57 bits per heavy atom. The van der Waals surface area contributed by atoms with Crippen LogP contribution in [0.2, 0.25) is 0 Å². The first-order valence-electron chi connectivity index (χ1n) is 5.30. The van der Waals surface area contributed by atoms with Crippen LogP contribution in [0, 0.1) is 11.8 Å². The molecule has 1 aliphatic carbocycles. The molecule has 0 aromatic carbocycles. The second kappa shape index (κ2) is 5.03. The van der Waals surface area contributed by atoms with Crippen LogP contribution < -0.4 is 5.32 Å². The minimum Gasteiger partial charge on any atom is -0.478 e. The Kier molecular flexibility index (Phi) is 3.98. The predicted octanol–water partition coefficient (Wildman–Crippen LogP) is 2.00. The fourth-order valence-corrected chi connectivity index (χ4v) is 2.30. The van der Waals surface area contributed by atoms with Crippen molar-refractivity contribution in [1.82, 2.24) is 5.32 Å². The number of hydrogen-bond donors (Lipinski definition) is 2. The van der Waals surface area contributed by atoms with Crippen LogP contribution in [-0.2, 0) is 4.79 Å². The van der Waals surface area contributed by atoms with Gasteiger partial charge in [0.1, 0.15) is 0 Å². The van der Waals surface area contributed by atoms with E-state index >= 15 is 0 Å². The molecule has 0 aliphatic heterocycles. The molecule has 3 unspecified atom stereocenters. The van der Waals surface area contributed by atoms with Crippen LogP contribution in [0.15, 0.2) is 12.3 Å². The van der Waals surface area contributed by atoms with Gasteiger partial charge in [0.25, 0.3) is 0 Å². The molecule has 80 valence electrons. The number of carboxylic acid groups (broad SMARTS) is 1. The van der Waals surface area contributed by atoms with Gasteiger partial charge in [-0.25, -0.2) is 4.79 Å².